The number of likely N-dealkylation sites (tertiary alicyclic amines) is 1. The Morgan fingerprint density at radius 1 is 1.32 bits per heavy atom. The summed E-state index contributed by atoms with van der Waals surface area (Å²) in [5.41, 5.74) is 1.55. The molecule has 1 N–H and O–H groups in total. The van der Waals surface area contributed by atoms with Gasteiger partial charge in [0.25, 0.3) is 0 Å². The van der Waals surface area contributed by atoms with Crippen LogP contribution >= 0.6 is 0 Å². The van der Waals surface area contributed by atoms with Crippen molar-refractivity contribution in [1.82, 2.24) is 15.1 Å². The van der Waals surface area contributed by atoms with Gasteiger partial charge in [0.05, 0.1) is 11.6 Å². The number of nitrogens with zero attached hydrogens (tertiary/aromatic N) is 3. The summed E-state index contributed by atoms with van der Waals surface area (Å²) in [5, 5.41) is 12.0. The summed E-state index contributed by atoms with van der Waals surface area (Å²) in [4.78, 5) is 16.9. The number of carbonyl (C=O) groups excluding carboxylic acids is 1. The number of rotatable bonds is 2. The van der Waals surface area contributed by atoms with Gasteiger partial charge in [-0.3, -0.25) is 14.6 Å². The predicted octanol–water partition coefficient (Wildman–Crippen LogP) is 0.954. The van der Waals surface area contributed by atoms with E-state index in [0.29, 0.717) is 5.56 Å². The highest BCUT2D eigenvalue weighted by molar-refractivity contribution is 5.87. The number of amides is 1. The second-order valence-electron chi connectivity index (χ2n) is 6.30. The lowest BCUT2D eigenvalue weighted by Crippen LogP contribution is -2.66. The van der Waals surface area contributed by atoms with Gasteiger partial charge >= 0.3 is 0 Å². The van der Waals surface area contributed by atoms with Crippen molar-refractivity contribution in [3.05, 3.63) is 35.4 Å². The molecule has 1 aromatic carbocycles. The average Bonchev–Trinajstić information content (AvgIpc) is 2.54. The zero-order chi connectivity index (χ0) is 15.6. The fourth-order valence-corrected chi connectivity index (χ4v) is 3.58. The van der Waals surface area contributed by atoms with Crippen molar-refractivity contribution in [1.29, 1.82) is 5.26 Å². The van der Waals surface area contributed by atoms with Crippen LogP contribution in [-0.2, 0) is 11.3 Å². The molecule has 3 rings (SSSR count). The molecule has 1 aromatic rings. The van der Waals surface area contributed by atoms with Gasteiger partial charge in [0.2, 0.25) is 5.91 Å². The van der Waals surface area contributed by atoms with Crippen molar-refractivity contribution in [3.63, 3.8) is 0 Å². The Morgan fingerprint density at radius 3 is 2.77 bits per heavy atom. The summed E-state index contributed by atoms with van der Waals surface area (Å²) in [7, 11) is 2.06. The van der Waals surface area contributed by atoms with E-state index in [4.69, 9.17) is 5.26 Å². The van der Waals surface area contributed by atoms with Gasteiger partial charge in [-0.2, -0.15) is 5.26 Å². The molecule has 0 unspecified atom stereocenters. The first-order chi connectivity index (χ1) is 10.6. The van der Waals surface area contributed by atoms with Crippen LogP contribution in [0.5, 0.6) is 0 Å². The molecule has 2 saturated heterocycles. The summed E-state index contributed by atoms with van der Waals surface area (Å²) in [6.07, 6.45) is 1.74. The molecule has 2 heterocycles. The van der Waals surface area contributed by atoms with E-state index in [2.05, 4.69) is 34.3 Å². The summed E-state index contributed by atoms with van der Waals surface area (Å²) < 4.78 is 0. The molecular weight excluding hydrogens is 276 g/mol. The van der Waals surface area contributed by atoms with Gasteiger partial charge in [0.1, 0.15) is 5.54 Å². The van der Waals surface area contributed by atoms with E-state index < -0.39 is 0 Å². The zero-order valence-electron chi connectivity index (χ0n) is 13.0. The molecule has 0 aromatic heterocycles. The van der Waals surface area contributed by atoms with Gasteiger partial charge in [0.15, 0.2) is 0 Å². The molecule has 0 atom stereocenters. The monoisotopic (exact) mass is 298 g/mol. The van der Waals surface area contributed by atoms with Crippen LogP contribution in [-0.4, -0.2) is 54.5 Å². The maximum atomic E-state index is 12.3. The molecule has 1 spiro atoms. The number of piperazine rings is 1. The molecule has 116 valence electrons. The average molecular weight is 298 g/mol. The van der Waals surface area contributed by atoms with E-state index >= 15 is 0 Å². The molecule has 0 bridgehead atoms. The molecule has 0 aliphatic carbocycles. The van der Waals surface area contributed by atoms with Crippen molar-refractivity contribution < 1.29 is 4.79 Å². The number of benzene rings is 1. The van der Waals surface area contributed by atoms with E-state index in [0.717, 1.165) is 51.1 Å². The first kappa shape index (κ1) is 15.0. The number of piperidine rings is 1. The fourth-order valence-electron chi connectivity index (χ4n) is 3.58. The molecule has 1 amide bonds. The van der Waals surface area contributed by atoms with E-state index in [-0.39, 0.29) is 11.4 Å². The maximum Gasteiger partial charge on any atom is 0.240 e. The van der Waals surface area contributed by atoms with Crippen LogP contribution in [0.4, 0.5) is 0 Å². The third kappa shape index (κ3) is 2.72. The molecule has 2 fully saturated rings. The highest BCUT2D eigenvalue weighted by Crippen LogP contribution is 2.30. The standard InChI is InChI=1S/C17H22N4O/c1-20-10-7-19-16(22)17(20)5-8-21(9-6-17)13-15-4-2-3-14(11-15)12-18/h2-4,11H,5-10,13H2,1H3,(H,19,22). The summed E-state index contributed by atoms with van der Waals surface area (Å²) in [6, 6.07) is 9.95. The predicted molar refractivity (Wildman–Crippen MR) is 84.0 cm³/mol. The van der Waals surface area contributed by atoms with E-state index in [1.807, 2.05) is 18.2 Å². The van der Waals surface area contributed by atoms with Crippen LogP contribution < -0.4 is 5.32 Å². The van der Waals surface area contributed by atoms with Crippen LogP contribution in [0.15, 0.2) is 24.3 Å². The Kier molecular flexibility index (Phi) is 4.14. The second-order valence-corrected chi connectivity index (χ2v) is 6.30. The van der Waals surface area contributed by atoms with Crippen LogP contribution in [0.25, 0.3) is 0 Å². The van der Waals surface area contributed by atoms with Gasteiger partial charge in [-0.05, 0) is 37.6 Å². The van der Waals surface area contributed by atoms with Crippen LogP contribution in [0.3, 0.4) is 0 Å². The smallest absolute Gasteiger partial charge is 0.240 e. The maximum absolute atomic E-state index is 12.3. The minimum absolute atomic E-state index is 0.187. The quantitative estimate of drug-likeness (QED) is 0.883. The van der Waals surface area contributed by atoms with E-state index in [1.165, 1.54) is 0 Å². The Bertz CT molecular complexity index is 599. The number of hydrogen-bond donors (Lipinski definition) is 1. The molecule has 5 heteroatoms. The van der Waals surface area contributed by atoms with Gasteiger partial charge in [0, 0.05) is 32.7 Å². The van der Waals surface area contributed by atoms with Crippen molar-refractivity contribution in [2.45, 2.75) is 24.9 Å². The molecule has 5 nitrogen and oxygen atoms in total. The Labute approximate surface area is 131 Å². The molecular formula is C17H22N4O. The number of likely N-dealkylation sites (N-methyl/N-ethyl adjacent to an activating group) is 1. The van der Waals surface area contributed by atoms with E-state index in [1.54, 1.807) is 0 Å². The van der Waals surface area contributed by atoms with Crippen molar-refractivity contribution in [2.24, 2.45) is 0 Å². The van der Waals surface area contributed by atoms with Gasteiger partial charge in [-0.1, -0.05) is 12.1 Å². The first-order valence-electron chi connectivity index (χ1n) is 7.85. The summed E-state index contributed by atoms with van der Waals surface area (Å²) >= 11 is 0. The topological polar surface area (TPSA) is 59.4 Å². The Morgan fingerprint density at radius 2 is 2.09 bits per heavy atom. The lowest BCUT2D eigenvalue weighted by molar-refractivity contribution is -0.140. The molecule has 22 heavy (non-hydrogen) atoms. The number of carbonyl (C=O) groups is 1. The van der Waals surface area contributed by atoms with Gasteiger partial charge in [-0.25, -0.2) is 0 Å². The van der Waals surface area contributed by atoms with Crippen molar-refractivity contribution in [3.8, 4) is 6.07 Å². The SMILES string of the molecule is CN1CCNC(=O)C12CCN(Cc1cccc(C#N)c1)CC2. The van der Waals surface area contributed by atoms with Crippen LogP contribution in [0, 0.1) is 11.3 Å². The number of nitrogens with one attached hydrogen (secondary N) is 1. The van der Waals surface area contributed by atoms with Crippen LogP contribution in [0.2, 0.25) is 0 Å². The lowest BCUT2D eigenvalue weighted by atomic mass is 9.83. The summed E-state index contributed by atoms with van der Waals surface area (Å²) in [5.74, 6) is 0.187. The first-order valence-corrected chi connectivity index (χ1v) is 7.85. The van der Waals surface area contributed by atoms with Gasteiger partial charge < -0.3 is 5.32 Å². The summed E-state index contributed by atoms with van der Waals surface area (Å²) in [6.45, 7) is 4.34. The van der Waals surface area contributed by atoms with Gasteiger partial charge in [-0.15, -0.1) is 0 Å². The zero-order valence-corrected chi connectivity index (χ0v) is 13.0. The van der Waals surface area contributed by atoms with E-state index in [9.17, 15) is 4.79 Å². The largest absolute Gasteiger partial charge is 0.353 e. The normalized spacial score (nSPS) is 22.3. The Hall–Kier alpha value is -1.90. The number of nitriles is 1. The lowest BCUT2D eigenvalue weighted by Gasteiger charge is -2.48. The fraction of sp³-hybridized carbons (Fsp3) is 0.529. The molecule has 0 saturated carbocycles. The highest BCUT2D eigenvalue weighted by Gasteiger charge is 2.46. The molecule has 2 aliphatic heterocycles. The minimum Gasteiger partial charge on any atom is -0.353 e. The second kappa shape index (κ2) is 6.07. The number of hydrogen-bond acceptors (Lipinski definition) is 4. The van der Waals surface area contributed by atoms with Crippen molar-refractivity contribution >= 4 is 5.91 Å². The molecule has 0 radical (unpaired) electrons. The van der Waals surface area contributed by atoms with Crippen molar-refractivity contribution in [2.75, 3.05) is 33.2 Å². The van der Waals surface area contributed by atoms with Crippen LogP contribution in [0.1, 0.15) is 24.0 Å². The highest BCUT2D eigenvalue weighted by atomic mass is 16.2. The third-order valence-corrected chi connectivity index (χ3v) is 5.03. The Balaban J connectivity index is 1.64. The third-order valence-electron chi connectivity index (χ3n) is 5.03. The minimum atomic E-state index is -0.316. The molecule has 2 aliphatic rings.